The molecule has 1 aromatic carbocycles. The van der Waals surface area contributed by atoms with Crippen molar-refractivity contribution in [3.8, 4) is 11.8 Å². The van der Waals surface area contributed by atoms with Crippen molar-refractivity contribution in [3.05, 3.63) is 41.2 Å². The van der Waals surface area contributed by atoms with Crippen molar-refractivity contribution in [2.75, 3.05) is 25.5 Å². The topological polar surface area (TPSA) is 100 Å². The monoisotopic (exact) mass is 411 g/mol. The molecule has 0 saturated heterocycles. The maximum absolute atomic E-state index is 12.7. The van der Waals surface area contributed by atoms with E-state index in [1.165, 1.54) is 0 Å². The molecule has 1 aromatic heterocycles. The third kappa shape index (κ3) is 6.08. The van der Waals surface area contributed by atoms with Crippen LogP contribution in [0.2, 0.25) is 0 Å². The number of hydrogen-bond acceptors (Lipinski definition) is 5. The summed E-state index contributed by atoms with van der Waals surface area (Å²) in [5.74, 6) is 0.314. The summed E-state index contributed by atoms with van der Waals surface area (Å²) >= 11 is 0. The van der Waals surface area contributed by atoms with Gasteiger partial charge in [0, 0.05) is 30.4 Å². The van der Waals surface area contributed by atoms with Gasteiger partial charge in [0.15, 0.2) is 0 Å². The second-order valence-electron chi connectivity index (χ2n) is 6.97. The van der Waals surface area contributed by atoms with Gasteiger partial charge in [-0.05, 0) is 44.9 Å². The molecule has 160 valence electrons. The zero-order valence-corrected chi connectivity index (χ0v) is 18.1. The van der Waals surface area contributed by atoms with Crippen LogP contribution in [-0.2, 0) is 22.6 Å². The molecule has 0 fully saturated rings. The number of nitriles is 1. The molecule has 0 bridgehead atoms. The van der Waals surface area contributed by atoms with E-state index in [1.54, 1.807) is 36.3 Å². The molecule has 0 spiro atoms. The van der Waals surface area contributed by atoms with E-state index in [9.17, 15) is 9.59 Å². The van der Waals surface area contributed by atoms with E-state index in [0.717, 1.165) is 17.0 Å². The molecule has 2 aromatic rings. The maximum atomic E-state index is 12.7. The van der Waals surface area contributed by atoms with E-state index in [-0.39, 0.29) is 18.4 Å². The number of amides is 2. The summed E-state index contributed by atoms with van der Waals surface area (Å²) in [5.41, 5.74) is 3.50. The Morgan fingerprint density at radius 3 is 2.77 bits per heavy atom. The van der Waals surface area contributed by atoms with Crippen LogP contribution in [0.25, 0.3) is 0 Å². The zero-order chi connectivity index (χ0) is 22.1. The van der Waals surface area contributed by atoms with Gasteiger partial charge in [0.2, 0.25) is 11.8 Å². The van der Waals surface area contributed by atoms with Gasteiger partial charge in [-0.1, -0.05) is 6.07 Å². The Kier molecular flexibility index (Phi) is 8.41. The van der Waals surface area contributed by atoms with Gasteiger partial charge in [0.25, 0.3) is 0 Å². The molecule has 0 atom stereocenters. The number of rotatable bonds is 10. The average molecular weight is 412 g/mol. The number of aryl methyl sites for hydroxylation is 2. The average Bonchev–Trinajstić information content (AvgIpc) is 3.01. The number of benzene rings is 1. The Balaban J connectivity index is 1.94. The van der Waals surface area contributed by atoms with E-state index >= 15 is 0 Å². The van der Waals surface area contributed by atoms with Crippen molar-refractivity contribution in [2.24, 2.45) is 0 Å². The Labute approximate surface area is 177 Å². The van der Waals surface area contributed by atoms with Crippen molar-refractivity contribution >= 4 is 17.5 Å². The maximum Gasteiger partial charge on any atom is 0.243 e. The number of ether oxygens (including phenoxy) is 1. The molecule has 0 aliphatic heterocycles. The molecule has 1 N–H and O–H groups in total. The highest BCUT2D eigenvalue weighted by molar-refractivity contribution is 5.94. The lowest BCUT2D eigenvalue weighted by atomic mass is 10.1. The molecular formula is C22H29N5O3. The fraction of sp³-hybridized carbons (Fsp3) is 0.455. The predicted molar refractivity (Wildman–Crippen MR) is 114 cm³/mol. The number of anilines is 1. The van der Waals surface area contributed by atoms with Crippen LogP contribution in [0.5, 0.6) is 5.75 Å². The standard InChI is InChI=1S/C22H29N5O3/c1-5-26(15-21(28)24-18-8-6-9-19(14-18)30-4)22(29)11-10-20-16(2)25-27(17(20)3)13-7-12-23/h6,8-9,14H,5,7,10-11,13,15H2,1-4H3,(H,24,28). The van der Waals surface area contributed by atoms with Crippen molar-refractivity contribution in [2.45, 2.75) is 46.6 Å². The number of nitrogens with one attached hydrogen (secondary N) is 1. The summed E-state index contributed by atoms with van der Waals surface area (Å²) < 4.78 is 6.97. The summed E-state index contributed by atoms with van der Waals surface area (Å²) in [5, 5.41) is 16.0. The van der Waals surface area contributed by atoms with Gasteiger partial charge in [0.1, 0.15) is 5.75 Å². The highest BCUT2D eigenvalue weighted by Crippen LogP contribution is 2.18. The lowest BCUT2D eigenvalue weighted by molar-refractivity contribution is -0.134. The van der Waals surface area contributed by atoms with Gasteiger partial charge >= 0.3 is 0 Å². The van der Waals surface area contributed by atoms with Crippen LogP contribution in [0.1, 0.15) is 36.7 Å². The largest absolute Gasteiger partial charge is 0.497 e. The number of carbonyl (C=O) groups is 2. The van der Waals surface area contributed by atoms with Crippen LogP contribution in [-0.4, -0.2) is 46.7 Å². The van der Waals surface area contributed by atoms with Gasteiger partial charge in [-0.2, -0.15) is 10.4 Å². The van der Waals surface area contributed by atoms with E-state index in [1.807, 2.05) is 25.5 Å². The highest BCUT2D eigenvalue weighted by atomic mass is 16.5. The summed E-state index contributed by atoms with van der Waals surface area (Å²) in [4.78, 5) is 26.6. The minimum absolute atomic E-state index is 0.00800. The molecule has 0 aliphatic carbocycles. The van der Waals surface area contributed by atoms with Crippen LogP contribution >= 0.6 is 0 Å². The first kappa shape index (κ1) is 22.9. The van der Waals surface area contributed by atoms with Gasteiger partial charge < -0.3 is 15.0 Å². The molecule has 0 saturated carbocycles. The number of methoxy groups -OCH3 is 1. The lowest BCUT2D eigenvalue weighted by Gasteiger charge is -2.20. The Bertz CT molecular complexity index is 929. The molecule has 30 heavy (non-hydrogen) atoms. The van der Waals surface area contributed by atoms with Crippen LogP contribution in [0, 0.1) is 25.2 Å². The van der Waals surface area contributed by atoms with E-state index < -0.39 is 0 Å². The van der Waals surface area contributed by atoms with Crippen LogP contribution in [0.3, 0.4) is 0 Å². The Morgan fingerprint density at radius 2 is 2.10 bits per heavy atom. The van der Waals surface area contributed by atoms with Crippen LogP contribution in [0.4, 0.5) is 5.69 Å². The van der Waals surface area contributed by atoms with Crippen molar-refractivity contribution in [1.29, 1.82) is 5.26 Å². The van der Waals surface area contributed by atoms with Crippen LogP contribution in [0.15, 0.2) is 24.3 Å². The smallest absolute Gasteiger partial charge is 0.243 e. The fourth-order valence-electron chi connectivity index (χ4n) is 3.31. The number of likely N-dealkylation sites (N-methyl/N-ethyl adjacent to an activating group) is 1. The normalized spacial score (nSPS) is 10.4. The summed E-state index contributed by atoms with van der Waals surface area (Å²) in [6.07, 6.45) is 1.25. The number of hydrogen-bond donors (Lipinski definition) is 1. The minimum Gasteiger partial charge on any atom is -0.497 e. The van der Waals surface area contributed by atoms with Gasteiger partial charge in [-0.15, -0.1) is 0 Å². The van der Waals surface area contributed by atoms with E-state index in [4.69, 9.17) is 10.00 Å². The van der Waals surface area contributed by atoms with Crippen molar-refractivity contribution < 1.29 is 14.3 Å². The number of carbonyl (C=O) groups excluding carboxylic acids is 2. The molecule has 2 rings (SSSR count). The first-order chi connectivity index (χ1) is 14.4. The molecule has 0 radical (unpaired) electrons. The fourth-order valence-corrected chi connectivity index (χ4v) is 3.31. The zero-order valence-electron chi connectivity index (χ0n) is 18.1. The highest BCUT2D eigenvalue weighted by Gasteiger charge is 2.18. The van der Waals surface area contributed by atoms with E-state index in [0.29, 0.717) is 43.8 Å². The summed E-state index contributed by atoms with van der Waals surface area (Å²) in [6.45, 7) is 6.71. The SMILES string of the molecule is CCN(CC(=O)Nc1cccc(OC)c1)C(=O)CCc1c(C)nn(CCC#N)c1C. The summed E-state index contributed by atoms with van der Waals surface area (Å²) in [6, 6.07) is 9.21. The third-order valence-electron chi connectivity index (χ3n) is 4.98. The molecular weight excluding hydrogens is 382 g/mol. The van der Waals surface area contributed by atoms with Gasteiger partial charge in [-0.3, -0.25) is 14.3 Å². The van der Waals surface area contributed by atoms with E-state index in [2.05, 4.69) is 16.5 Å². The molecule has 8 heteroatoms. The quantitative estimate of drug-likeness (QED) is 0.648. The second-order valence-corrected chi connectivity index (χ2v) is 6.97. The minimum atomic E-state index is -0.255. The molecule has 0 unspecified atom stereocenters. The number of nitrogens with zero attached hydrogens (tertiary/aromatic N) is 4. The molecule has 8 nitrogen and oxygen atoms in total. The molecule has 0 aliphatic rings. The third-order valence-corrected chi connectivity index (χ3v) is 4.98. The Hall–Kier alpha value is -3.34. The predicted octanol–water partition coefficient (Wildman–Crippen LogP) is 2.84. The first-order valence-corrected chi connectivity index (χ1v) is 10.0. The van der Waals surface area contributed by atoms with Crippen molar-refractivity contribution in [3.63, 3.8) is 0 Å². The lowest BCUT2D eigenvalue weighted by Crippen LogP contribution is -2.38. The summed E-state index contributed by atoms with van der Waals surface area (Å²) in [7, 11) is 1.56. The second kappa shape index (κ2) is 11.0. The first-order valence-electron chi connectivity index (χ1n) is 10.0. The van der Waals surface area contributed by atoms with Crippen LogP contribution < -0.4 is 10.1 Å². The Morgan fingerprint density at radius 1 is 1.33 bits per heavy atom. The van der Waals surface area contributed by atoms with Gasteiger partial charge in [0.05, 0.1) is 38.4 Å². The molecule has 1 heterocycles. The van der Waals surface area contributed by atoms with Crippen molar-refractivity contribution in [1.82, 2.24) is 14.7 Å². The number of aromatic nitrogens is 2. The molecule has 2 amide bonds. The van der Waals surface area contributed by atoms with Gasteiger partial charge in [-0.25, -0.2) is 0 Å².